The fraction of sp³-hybridized carbons (Fsp3) is 0.0800. The third kappa shape index (κ3) is 3.89. The van der Waals surface area contributed by atoms with Crippen LogP contribution in [0.4, 0.5) is 0 Å². The number of fused-ring (bicyclic) bond motifs is 1. The molecule has 0 saturated carbocycles. The first kappa shape index (κ1) is 17.8. The normalized spacial score (nSPS) is 11.3. The van der Waals surface area contributed by atoms with Crippen LogP contribution in [0.5, 0.6) is 0 Å². The molecule has 0 saturated heterocycles. The molecule has 1 heterocycles. The third-order valence-corrected chi connectivity index (χ3v) is 4.89. The number of benzene rings is 3. The van der Waals surface area contributed by atoms with Crippen molar-refractivity contribution in [3.63, 3.8) is 0 Å². The van der Waals surface area contributed by atoms with Crippen molar-refractivity contribution in [2.75, 3.05) is 0 Å². The Morgan fingerprint density at radius 2 is 1.61 bits per heavy atom. The van der Waals surface area contributed by atoms with Crippen molar-refractivity contribution >= 4 is 22.9 Å². The fourth-order valence-corrected chi connectivity index (χ4v) is 3.51. The molecule has 3 heteroatoms. The molecule has 0 bridgehead atoms. The van der Waals surface area contributed by atoms with Gasteiger partial charge in [-0.05, 0) is 59.9 Å². The second-order valence-corrected chi connectivity index (χ2v) is 6.79. The highest BCUT2D eigenvalue weighted by molar-refractivity contribution is 5.90. The van der Waals surface area contributed by atoms with Crippen LogP contribution in [-0.4, -0.2) is 15.6 Å². The van der Waals surface area contributed by atoms with Crippen molar-refractivity contribution in [2.45, 2.75) is 12.8 Å². The van der Waals surface area contributed by atoms with Gasteiger partial charge in [0, 0.05) is 23.3 Å². The Morgan fingerprint density at radius 3 is 2.32 bits per heavy atom. The van der Waals surface area contributed by atoms with E-state index in [1.165, 1.54) is 17.2 Å². The van der Waals surface area contributed by atoms with Crippen molar-refractivity contribution in [3.8, 4) is 5.69 Å². The lowest BCUT2D eigenvalue weighted by atomic mass is 10.0. The quantitative estimate of drug-likeness (QED) is 0.456. The van der Waals surface area contributed by atoms with Crippen LogP contribution in [0.2, 0.25) is 0 Å². The maximum Gasteiger partial charge on any atom is 0.328 e. The lowest BCUT2D eigenvalue weighted by Gasteiger charge is -2.05. The number of carboxylic acids is 1. The lowest BCUT2D eigenvalue weighted by Crippen LogP contribution is -1.92. The Balaban J connectivity index is 1.76. The zero-order chi connectivity index (χ0) is 19.3. The monoisotopic (exact) mass is 367 g/mol. The molecule has 1 aromatic heterocycles. The SMILES string of the molecule is O=C(O)/C=C/c1ccc2c(c1)c(CCc1ccccc1)cn2-c1ccccc1. The van der Waals surface area contributed by atoms with Crippen LogP contribution in [0.1, 0.15) is 16.7 Å². The summed E-state index contributed by atoms with van der Waals surface area (Å²) in [5.74, 6) is -0.939. The number of carbonyl (C=O) groups is 1. The van der Waals surface area contributed by atoms with E-state index in [4.69, 9.17) is 5.11 Å². The van der Waals surface area contributed by atoms with Gasteiger partial charge in [0.25, 0.3) is 0 Å². The number of carboxylic acid groups (broad SMARTS) is 1. The first-order valence-electron chi connectivity index (χ1n) is 9.35. The molecule has 0 aliphatic rings. The van der Waals surface area contributed by atoms with Gasteiger partial charge in [-0.3, -0.25) is 0 Å². The molecule has 28 heavy (non-hydrogen) atoms. The number of hydrogen-bond donors (Lipinski definition) is 1. The number of rotatable bonds is 6. The number of aromatic nitrogens is 1. The van der Waals surface area contributed by atoms with E-state index in [1.54, 1.807) is 6.08 Å². The zero-order valence-electron chi connectivity index (χ0n) is 15.5. The highest BCUT2D eigenvalue weighted by Gasteiger charge is 2.10. The maximum absolute atomic E-state index is 10.9. The molecule has 0 amide bonds. The Kier molecular flexibility index (Phi) is 5.07. The molecule has 0 atom stereocenters. The van der Waals surface area contributed by atoms with Gasteiger partial charge in [0.2, 0.25) is 0 Å². The number of aliphatic carboxylic acids is 1. The minimum atomic E-state index is -0.939. The summed E-state index contributed by atoms with van der Waals surface area (Å²) in [6.07, 6.45) is 6.91. The van der Waals surface area contributed by atoms with E-state index in [0.29, 0.717) is 0 Å². The molecule has 1 N–H and O–H groups in total. The van der Waals surface area contributed by atoms with E-state index in [9.17, 15) is 4.79 Å². The molecule has 0 fully saturated rings. The molecule has 0 unspecified atom stereocenters. The molecule has 3 nitrogen and oxygen atoms in total. The number of aryl methyl sites for hydroxylation is 2. The predicted octanol–water partition coefficient (Wildman–Crippen LogP) is 5.51. The molecule has 3 aromatic carbocycles. The molecule has 4 rings (SSSR count). The second-order valence-electron chi connectivity index (χ2n) is 6.79. The molecule has 0 aliphatic carbocycles. The summed E-state index contributed by atoms with van der Waals surface area (Å²) in [7, 11) is 0. The molecular weight excluding hydrogens is 346 g/mol. The van der Waals surface area contributed by atoms with Crippen LogP contribution in [-0.2, 0) is 17.6 Å². The van der Waals surface area contributed by atoms with Gasteiger partial charge < -0.3 is 9.67 Å². The van der Waals surface area contributed by atoms with E-state index >= 15 is 0 Å². The Morgan fingerprint density at radius 1 is 0.893 bits per heavy atom. The summed E-state index contributed by atoms with van der Waals surface area (Å²) >= 11 is 0. The van der Waals surface area contributed by atoms with Crippen molar-refractivity contribution in [3.05, 3.63) is 108 Å². The molecule has 0 spiro atoms. The number of hydrogen-bond acceptors (Lipinski definition) is 1. The van der Waals surface area contributed by atoms with E-state index in [-0.39, 0.29) is 0 Å². The van der Waals surface area contributed by atoms with Gasteiger partial charge >= 0.3 is 5.97 Å². The molecule has 0 radical (unpaired) electrons. The second kappa shape index (κ2) is 7.97. The van der Waals surface area contributed by atoms with Crippen LogP contribution in [0.3, 0.4) is 0 Å². The lowest BCUT2D eigenvalue weighted by molar-refractivity contribution is -0.131. The smallest absolute Gasteiger partial charge is 0.328 e. The van der Waals surface area contributed by atoms with Gasteiger partial charge in [0.1, 0.15) is 0 Å². The summed E-state index contributed by atoms with van der Waals surface area (Å²) in [5, 5.41) is 10.1. The predicted molar refractivity (Wildman–Crippen MR) is 114 cm³/mol. The highest BCUT2D eigenvalue weighted by Crippen LogP contribution is 2.27. The average molecular weight is 367 g/mol. The van der Waals surface area contributed by atoms with Crippen LogP contribution in [0.15, 0.2) is 91.1 Å². The van der Waals surface area contributed by atoms with E-state index in [2.05, 4.69) is 59.3 Å². The molecule has 4 aromatic rings. The topological polar surface area (TPSA) is 42.2 Å². The van der Waals surface area contributed by atoms with Crippen LogP contribution < -0.4 is 0 Å². The maximum atomic E-state index is 10.9. The minimum Gasteiger partial charge on any atom is -0.478 e. The highest BCUT2D eigenvalue weighted by atomic mass is 16.4. The zero-order valence-corrected chi connectivity index (χ0v) is 15.5. The number of nitrogens with zero attached hydrogens (tertiary/aromatic N) is 1. The minimum absolute atomic E-state index is 0.890. The largest absolute Gasteiger partial charge is 0.478 e. The number of para-hydroxylation sites is 1. The molecule has 0 aliphatic heterocycles. The average Bonchev–Trinajstić information content (AvgIpc) is 3.10. The van der Waals surface area contributed by atoms with Gasteiger partial charge in [0.15, 0.2) is 0 Å². The van der Waals surface area contributed by atoms with Crippen molar-refractivity contribution in [2.24, 2.45) is 0 Å². The van der Waals surface area contributed by atoms with Crippen molar-refractivity contribution < 1.29 is 9.90 Å². The summed E-state index contributed by atoms with van der Waals surface area (Å²) in [6, 6.07) is 26.9. The summed E-state index contributed by atoms with van der Waals surface area (Å²) in [5.41, 5.74) is 5.70. The van der Waals surface area contributed by atoms with Gasteiger partial charge in [-0.2, -0.15) is 0 Å². The van der Waals surface area contributed by atoms with Gasteiger partial charge in [0.05, 0.1) is 5.52 Å². The van der Waals surface area contributed by atoms with Crippen molar-refractivity contribution in [1.29, 1.82) is 0 Å². The van der Waals surface area contributed by atoms with Crippen LogP contribution >= 0.6 is 0 Å². The Bertz CT molecular complexity index is 1130. The van der Waals surface area contributed by atoms with Crippen molar-refractivity contribution in [1.82, 2.24) is 4.57 Å². The van der Waals surface area contributed by atoms with Gasteiger partial charge in [-0.25, -0.2) is 4.79 Å². The Hall–Kier alpha value is -3.59. The standard InChI is InChI=1S/C25H21NO2/c27-25(28)16-13-20-12-15-24-23(17-20)21(14-11-19-7-3-1-4-8-19)18-26(24)22-9-5-2-6-10-22/h1-10,12-13,15-18H,11,14H2,(H,27,28)/b16-13+. The summed E-state index contributed by atoms with van der Waals surface area (Å²) in [4.78, 5) is 10.9. The van der Waals surface area contributed by atoms with Gasteiger partial charge in [-0.1, -0.05) is 54.6 Å². The van der Waals surface area contributed by atoms with E-state index in [1.807, 2.05) is 30.3 Å². The Labute approximate surface area is 164 Å². The summed E-state index contributed by atoms with van der Waals surface area (Å²) in [6.45, 7) is 0. The molecular formula is C25H21NO2. The van der Waals surface area contributed by atoms with Crippen LogP contribution in [0, 0.1) is 0 Å². The first-order chi connectivity index (χ1) is 13.7. The molecule has 138 valence electrons. The van der Waals surface area contributed by atoms with Gasteiger partial charge in [-0.15, -0.1) is 0 Å². The third-order valence-electron chi connectivity index (χ3n) is 4.89. The van der Waals surface area contributed by atoms with E-state index in [0.717, 1.165) is 35.0 Å². The first-order valence-corrected chi connectivity index (χ1v) is 9.35. The fourth-order valence-electron chi connectivity index (χ4n) is 3.51. The van der Waals surface area contributed by atoms with Crippen LogP contribution in [0.25, 0.3) is 22.7 Å². The summed E-state index contributed by atoms with van der Waals surface area (Å²) < 4.78 is 2.21. The van der Waals surface area contributed by atoms with E-state index < -0.39 is 5.97 Å².